The number of benzene rings is 2. The molecule has 0 radical (unpaired) electrons. The number of nitrogens with zero attached hydrogens (tertiary/aromatic N) is 1. The van der Waals surface area contributed by atoms with Crippen LogP contribution in [0, 0.1) is 0 Å². The number of hydrogen-bond donors (Lipinski definition) is 1. The van der Waals surface area contributed by atoms with E-state index in [-0.39, 0.29) is 16.7 Å². The van der Waals surface area contributed by atoms with Gasteiger partial charge in [-0.05, 0) is 66.3 Å². The van der Waals surface area contributed by atoms with Gasteiger partial charge < -0.3 is 14.6 Å². The van der Waals surface area contributed by atoms with Gasteiger partial charge in [0.1, 0.15) is 11.5 Å². The molecule has 2 aromatic carbocycles. The molecule has 0 spiro atoms. The monoisotopic (exact) mass is 361 g/mol. The van der Waals surface area contributed by atoms with Gasteiger partial charge in [-0.2, -0.15) is 0 Å². The van der Waals surface area contributed by atoms with Crippen LogP contribution in [0.2, 0.25) is 5.02 Å². The number of phenols is 1. The summed E-state index contributed by atoms with van der Waals surface area (Å²) >= 11 is 11.2. The van der Waals surface area contributed by atoms with Gasteiger partial charge in [-0.1, -0.05) is 11.6 Å². The van der Waals surface area contributed by atoms with Crippen molar-refractivity contribution in [3.8, 4) is 11.5 Å². The van der Waals surface area contributed by atoms with Gasteiger partial charge in [-0.25, -0.2) is 4.90 Å². The van der Waals surface area contributed by atoms with Crippen molar-refractivity contribution in [2.24, 2.45) is 0 Å². The molecule has 1 aliphatic heterocycles. The lowest BCUT2D eigenvalue weighted by atomic mass is 10.2. The molecule has 3 rings (SSSR count). The number of carbonyl (C=O) groups is 1. The maximum Gasteiger partial charge on any atom is 0.301 e. The average Bonchev–Trinajstić information content (AvgIpc) is 2.84. The van der Waals surface area contributed by atoms with E-state index in [1.54, 1.807) is 37.4 Å². The fourth-order valence-electron chi connectivity index (χ4n) is 2.20. The van der Waals surface area contributed by atoms with Gasteiger partial charge in [0.2, 0.25) is 0 Å². The largest absolute Gasteiger partial charge is 0.508 e. The Morgan fingerprint density at radius 1 is 1.25 bits per heavy atom. The highest BCUT2D eigenvalue weighted by Crippen LogP contribution is 2.30. The standard InChI is InChI=1S/C17H12ClNO4S/c1-22-13-6-3-11(4-7-13)19-16(21)15(23-17(19)24)8-10-2-5-12(20)9-14(10)18/h2-9,20H,1H3/b15-8-. The molecule has 0 aliphatic carbocycles. The summed E-state index contributed by atoms with van der Waals surface area (Å²) in [5, 5.41) is 9.72. The van der Waals surface area contributed by atoms with E-state index in [1.165, 1.54) is 23.1 Å². The Morgan fingerprint density at radius 3 is 2.58 bits per heavy atom. The highest BCUT2D eigenvalue weighted by molar-refractivity contribution is 7.80. The summed E-state index contributed by atoms with van der Waals surface area (Å²) in [7, 11) is 1.56. The minimum atomic E-state index is -0.394. The zero-order chi connectivity index (χ0) is 17.3. The highest BCUT2D eigenvalue weighted by Gasteiger charge is 2.34. The smallest absolute Gasteiger partial charge is 0.301 e. The molecule has 0 aromatic heterocycles. The Kier molecular flexibility index (Phi) is 4.42. The summed E-state index contributed by atoms with van der Waals surface area (Å²) in [6.07, 6.45) is 1.49. The van der Waals surface area contributed by atoms with Crippen molar-refractivity contribution in [2.75, 3.05) is 12.0 Å². The summed E-state index contributed by atoms with van der Waals surface area (Å²) in [5.74, 6) is 0.373. The van der Waals surface area contributed by atoms with E-state index >= 15 is 0 Å². The molecule has 1 saturated heterocycles. The van der Waals surface area contributed by atoms with Crippen LogP contribution in [0.5, 0.6) is 11.5 Å². The lowest BCUT2D eigenvalue weighted by molar-refractivity contribution is -0.114. The average molecular weight is 362 g/mol. The molecule has 1 N–H and O–H groups in total. The molecule has 122 valence electrons. The van der Waals surface area contributed by atoms with Gasteiger partial charge in [0, 0.05) is 0 Å². The first-order valence-corrected chi connectivity index (χ1v) is 7.69. The van der Waals surface area contributed by atoms with Crippen LogP contribution in [0.1, 0.15) is 5.56 Å². The van der Waals surface area contributed by atoms with Gasteiger partial charge in [0.15, 0.2) is 5.76 Å². The predicted molar refractivity (Wildman–Crippen MR) is 95.3 cm³/mol. The quantitative estimate of drug-likeness (QED) is 0.666. The van der Waals surface area contributed by atoms with Crippen LogP contribution in [0.15, 0.2) is 48.2 Å². The lowest BCUT2D eigenvalue weighted by Crippen LogP contribution is -2.27. The van der Waals surface area contributed by atoms with Crippen molar-refractivity contribution in [2.45, 2.75) is 0 Å². The minimum Gasteiger partial charge on any atom is -0.508 e. The van der Waals surface area contributed by atoms with E-state index in [2.05, 4.69) is 0 Å². The van der Waals surface area contributed by atoms with Crippen molar-refractivity contribution in [1.82, 2.24) is 0 Å². The number of anilines is 1. The number of methoxy groups -OCH3 is 1. The van der Waals surface area contributed by atoms with Gasteiger partial charge >= 0.3 is 5.91 Å². The number of rotatable bonds is 3. The number of halogens is 1. The second-order valence-corrected chi connectivity index (χ2v) is 5.68. The molecule has 0 bridgehead atoms. The fraction of sp³-hybridized carbons (Fsp3) is 0.0588. The fourth-order valence-corrected chi connectivity index (χ4v) is 2.70. The predicted octanol–water partition coefficient (Wildman–Crippen LogP) is 3.74. The SMILES string of the molecule is COc1ccc(N2C(=O)/C(=C/c3ccc(O)cc3Cl)OC2=S)cc1. The number of amides is 1. The molecule has 24 heavy (non-hydrogen) atoms. The third-order valence-electron chi connectivity index (χ3n) is 3.39. The van der Waals surface area contributed by atoms with Gasteiger partial charge in [-0.3, -0.25) is 4.79 Å². The molecule has 1 fully saturated rings. The van der Waals surface area contributed by atoms with E-state index in [1.807, 2.05) is 0 Å². The number of hydrogen-bond acceptors (Lipinski definition) is 5. The topological polar surface area (TPSA) is 59.0 Å². The number of thiocarbonyl (C=S) groups is 1. The zero-order valence-corrected chi connectivity index (χ0v) is 14.1. The number of ether oxygens (including phenoxy) is 2. The molecule has 2 aromatic rings. The van der Waals surface area contributed by atoms with Crippen molar-refractivity contribution < 1.29 is 19.4 Å². The molecule has 0 atom stereocenters. The lowest BCUT2D eigenvalue weighted by Gasteiger charge is -2.12. The van der Waals surface area contributed by atoms with Crippen molar-refractivity contribution in [3.05, 3.63) is 58.8 Å². The second kappa shape index (κ2) is 6.51. The van der Waals surface area contributed by atoms with Crippen LogP contribution < -0.4 is 9.64 Å². The van der Waals surface area contributed by atoms with E-state index < -0.39 is 5.91 Å². The summed E-state index contributed by atoms with van der Waals surface area (Å²) in [4.78, 5) is 13.9. The van der Waals surface area contributed by atoms with Crippen molar-refractivity contribution in [1.29, 1.82) is 0 Å². The van der Waals surface area contributed by atoms with E-state index in [0.29, 0.717) is 22.0 Å². The van der Waals surface area contributed by atoms with Gasteiger partial charge in [0.05, 0.1) is 17.8 Å². The Morgan fingerprint density at radius 2 is 1.96 bits per heavy atom. The summed E-state index contributed by atoms with van der Waals surface area (Å²) < 4.78 is 10.5. The Labute approximate surface area is 148 Å². The number of phenolic OH excluding ortho intramolecular Hbond substituents is 1. The molecule has 1 aliphatic rings. The van der Waals surface area contributed by atoms with Crippen LogP contribution in [-0.4, -0.2) is 23.3 Å². The maximum atomic E-state index is 12.6. The third-order valence-corrected chi connectivity index (χ3v) is 3.99. The number of carbonyl (C=O) groups excluding carboxylic acids is 1. The molecule has 1 heterocycles. The van der Waals surface area contributed by atoms with Gasteiger partial charge in [-0.15, -0.1) is 0 Å². The number of aromatic hydroxyl groups is 1. The first-order valence-electron chi connectivity index (χ1n) is 6.90. The molecule has 0 saturated carbocycles. The van der Waals surface area contributed by atoms with Crippen LogP contribution >= 0.6 is 23.8 Å². The van der Waals surface area contributed by atoms with Crippen molar-refractivity contribution in [3.63, 3.8) is 0 Å². The summed E-state index contributed by atoms with van der Waals surface area (Å²) in [6.45, 7) is 0. The summed E-state index contributed by atoms with van der Waals surface area (Å²) in [5.41, 5.74) is 1.11. The van der Waals surface area contributed by atoms with E-state index in [4.69, 9.17) is 33.3 Å². The van der Waals surface area contributed by atoms with Crippen LogP contribution in [0.3, 0.4) is 0 Å². The molecule has 1 amide bonds. The molecular weight excluding hydrogens is 350 g/mol. The maximum absolute atomic E-state index is 12.6. The highest BCUT2D eigenvalue weighted by atomic mass is 35.5. The Balaban J connectivity index is 1.92. The van der Waals surface area contributed by atoms with E-state index in [0.717, 1.165) is 0 Å². The molecule has 5 nitrogen and oxygen atoms in total. The first-order chi connectivity index (χ1) is 11.5. The van der Waals surface area contributed by atoms with E-state index in [9.17, 15) is 9.90 Å². The van der Waals surface area contributed by atoms with Crippen LogP contribution in [0.25, 0.3) is 6.08 Å². The Bertz CT molecular complexity index is 848. The third kappa shape index (κ3) is 3.06. The van der Waals surface area contributed by atoms with Crippen LogP contribution in [-0.2, 0) is 9.53 Å². The van der Waals surface area contributed by atoms with Crippen molar-refractivity contribution >= 4 is 46.7 Å². The minimum absolute atomic E-state index is 0.0336. The van der Waals surface area contributed by atoms with Gasteiger partial charge in [0.25, 0.3) is 5.17 Å². The molecule has 7 heteroatoms. The van der Waals surface area contributed by atoms with Crippen LogP contribution in [0.4, 0.5) is 5.69 Å². The first kappa shape index (κ1) is 16.3. The second-order valence-electron chi connectivity index (χ2n) is 4.92. The Hall–Kier alpha value is -2.57. The molecular formula is C17H12ClNO4S. The summed E-state index contributed by atoms with van der Waals surface area (Å²) in [6, 6.07) is 11.3. The normalized spacial score (nSPS) is 15.8. The zero-order valence-electron chi connectivity index (χ0n) is 12.5. The molecule has 0 unspecified atom stereocenters.